The molecule has 0 radical (unpaired) electrons. The third-order valence-electron chi connectivity index (χ3n) is 5.28. The Kier molecular flexibility index (Phi) is 8.34. The zero-order valence-corrected chi connectivity index (χ0v) is 19.4. The molecule has 1 amide bonds. The smallest absolute Gasteiger partial charge is 0.338 e. The normalized spacial score (nSPS) is 12.6. The first-order valence-electron chi connectivity index (χ1n) is 11.4. The largest absolute Gasteiger partial charge is 0.490 e. The summed E-state index contributed by atoms with van der Waals surface area (Å²) in [5.41, 5.74) is 4.78. The summed E-state index contributed by atoms with van der Waals surface area (Å²) in [6, 6.07) is 4.65. The Morgan fingerprint density at radius 2 is 1.88 bits per heavy atom. The lowest BCUT2D eigenvalue weighted by Crippen LogP contribution is -2.43. The van der Waals surface area contributed by atoms with E-state index < -0.39 is 29.7 Å². The summed E-state index contributed by atoms with van der Waals surface area (Å²) in [4.78, 5) is 53.7. The second-order valence-electron chi connectivity index (χ2n) is 7.83. The molecule has 0 saturated heterocycles. The molecule has 0 fully saturated rings. The molecule has 0 bridgehead atoms. The average molecular weight is 475 g/mol. The van der Waals surface area contributed by atoms with Gasteiger partial charge in [-0.2, -0.15) is 0 Å². The predicted molar refractivity (Wildman–Crippen MR) is 126 cm³/mol. The summed E-state index contributed by atoms with van der Waals surface area (Å²) < 4.78 is 17.6. The van der Waals surface area contributed by atoms with Crippen molar-refractivity contribution in [2.45, 2.75) is 46.1 Å². The van der Waals surface area contributed by atoms with Crippen LogP contribution in [0.25, 0.3) is 0 Å². The number of rotatable bonds is 9. The summed E-state index contributed by atoms with van der Waals surface area (Å²) >= 11 is 0. The zero-order valence-electron chi connectivity index (χ0n) is 19.4. The van der Waals surface area contributed by atoms with Crippen molar-refractivity contribution in [2.24, 2.45) is 0 Å². The number of fused-ring (bicyclic) bond motifs is 1. The van der Waals surface area contributed by atoms with Crippen molar-refractivity contribution in [1.29, 1.82) is 0 Å². The maximum absolute atomic E-state index is 13.0. The summed E-state index contributed by atoms with van der Waals surface area (Å²) in [7, 11) is 0. The van der Waals surface area contributed by atoms with Gasteiger partial charge in [0.15, 0.2) is 23.8 Å². The van der Waals surface area contributed by atoms with Crippen LogP contribution in [0.1, 0.15) is 49.9 Å². The second-order valence-corrected chi connectivity index (χ2v) is 7.83. The van der Waals surface area contributed by atoms with Gasteiger partial charge in [0.25, 0.3) is 11.5 Å². The Balaban J connectivity index is 1.80. The number of H-pyrrole nitrogens is 1. The number of esters is 1. The first kappa shape index (κ1) is 24.9. The number of unbranched alkanes of at least 4 members (excludes halogenated alkanes) is 1. The van der Waals surface area contributed by atoms with Gasteiger partial charge in [-0.15, -0.1) is 0 Å². The number of nitrogens with zero attached hydrogens (tertiary/aromatic N) is 2. The van der Waals surface area contributed by atoms with Crippen molar-refractivity contribution < 1.29 is 23.8 Å². The maximum atomic E-state index is 13.0. The van der Waals surface area contributed by atoms with Crippen molar-refractivity contribution >= 4 is 23.4 Å². The minimum Gasteiger partial charge on any atom is -0.490 e. The molecule has 1 aliphatic heterocycles. The molecule has 3 rings (SSSR count). The molecule has 0 atom stereocenters. The Bertz CT molecular complexity index is 1150. The van der Waals surface area contributed by atoms with Gasteiger partial charge in [0, 0.05) is 19.5 Å². The number of benzene rings is 1. The maximum Gasteiger partial charge on any atom is 0.338 e. The van der Waals surface area contributed by atoms with Gasteiger partial charge in [-0.25, -0.2) is 9.59 Å². The van der Waals surface area contributed by atoms with Gasteiger partial charge in [-0.1, -0.05) is 20.3 Å². The van der Waals surface area contributed by atoms with Crippen LogP contribution in [0.2, 0.25) is 0 Å². The molecule has 1 aromatic heterocycles. The van der Waals surface area contributed by atoms with E-state index in [0.717, 1.165) is 12.8 Å². The lowest BCUT2D eigenvalue weighted by atomic mass is 10.2. The number of amides is 1. The number of anilines is 2. The van der Waals surface area contributed by atoms with E-state index in [9.17, 15) is 19.2 Å². The first-order valence-corrected chi connectivity index (χ1v) is 11.4. The van der Waals surface area contributed by atoms with E-state index in [4.69, 9.17) is 19.9 Å². The van der Waals surface area contributed by atoms with Crippen LogP contribution < -0.4 is 31.4 Å². The van der Waals surface area contributed by atoms with E-state index >= 15 is 0 Å². The lowest BCUT2D eigenvalue weighted by molar-refractivity contribution is -0.121. The highest BCUT2D eigenvalue weighted by Crippen LogP contribution is 2.30. The van der Waals surface area contributed by atoms with Crippen LogP contribution >= 0.6 is 0 Å². The third-order valence-corrected chi connectivity index (χ3v) is 5.28. The minimum atomic E-state index is -0.770. The Labute approximate surface area is 196 Å². The van der Waals surface area contributed by atoms with E-state index in [2.05, 4.69) is 4.98 Å². The lowest BCUT2D eigenvalue weighted by Gasteiger charge is -2.24. The van der Waals surface area contributed by atoms with E-state index in [1.165, 1.54) is 21.6 Å². The molecule has 1 aliphatic rings. The molecule has 0 spiro atoms. The molecule has 0 saturated carbocycles. The monoisotopic (exact) mass is 474 g/mol. The highest BCUT2D eigenvalue weighted by atomic mass is 16.5. The summed E-state index contributed by atoms with van der Waals surface area (Å²) in [5, 5.41) is 0. The fourth-order valence-corrected chi connectivity index (χ4v) is 3.54. The van der Waals surface area contributed by atoms with Gasteiger partial charge in [-0.3, -0.25) is 19.1 Å². The average Bonchev–Trinajstić information content (AvgIpc) is 3.06. The standard InChI is InChI=1S/C23H30N4O7/c1-3-5-10-26(19-20(24)27(9-4-2)23(31)25-21(19)29)18(28)14-34-22(30)15-7-8-16-17(13-15)33-12-6-11-32-16/h7-8,13H,3-6,9-12,14,24H2,1-2H3,(H,25,29,31). The molecule has 0 unspecified atom stereocenters. The minimum absolute atomic E-state index is 0.103. The predicted octanol–water partition coefficient (Wildman–Crippen LogP) is 1.68. The Hall–Kier alpha value is -3.76. The summed E-state index contributed by atoms with van der Waals surface area (Å²) in [6.07, 6.45) is 2.65. The number of nitrogens with two attached hydrogens (primary N) is 1. The molecular weight excluding hydrogens is 444 g/mol. The summed E-state index contributed by atoms with van der Waals surface area (Å²) in [5.74, 6) is -0.491. The van der Waals surface area contributed by atoms with E-state index in [1.807, 2.05) is 13.8 Å². The number of hydrogen-bond acceptors (Lipinski definition) is 8. The van der Waals surface area contributed by atoms with Gasteiger partial charge in [0.05, 0.1) is 18.8 Å². The molecule has 184 valence electrons. The topological polar surface area (TPSA) is 146 Å². The molecule has 3 N–H and O–H groups in total. The van der Waals surface area contributed by atoms with Crippen LogP contribution in [0.5, 0.6) is 11.5 Å². The number of carbonyl (C=O) groups excluding carboxylic acids is 2. The fourth-order valence-electron chi connectivity index (χ4n) is 3.54. The Morgan fingerprint density at radius 3 is 2.59 bits per heavy atom. The van der Waals surface area contributed by atoms with Gasteiger partial charge < -0.3 is 24.8 Å². The summed E-state index contributed by atoms with van der Waals surface area (Å²) in [6.45, 7) is 4.62. The van der Waals surface area contributed by atoms with Gasteiger partial charge in [-0.05, 0) is 31.0 Å². The SMILES string of the molecule is CCCCN(C(=O)COC(=O)c1ccc2c(c1)OCCCO2)c1c(N)n(CCC)c(=O)[nH]c1=O. The second kappa shape index (κ2) is 11.4. The molecule has 11 nitrogen and oxygen atoms in total. The third kappa shape index (κ3) is 5.59. The molecule has 2 aromatic rings. The van der Waals surface area contributed by atoms with Crippen molar-refractivity contribution in [3.05, 3.63) is 44.6 Å². The highest BCUT2D eigenvalue weighted by molar-refractivity contribution is 5.98. The number of nitrogen functional groups attached to an aromatic ring is 1. The molecule has 11 heteroatoms. The molecule has 2 heterocycles. The molecule has 0 aliphatic carbocycles. The van der Waals surface area contributed by atoms with E-state index in [0.29, 0.717) is 37.6 Å². The van der Waals surface area contributed by atoms with Crippen molar-refractivity contribution in [2.75, 3.05) is 37.0 Å². The van der Waals surface area contributed by atoms with Crippen LogP contribution in [0.4, 0.5) is 11.5 Å². The fraction of sp³-hybridized carbons (Fsp3) is 0.478. The van der Waals surface area contributed by atoms with Crippen LogP contribution in [0, 0.1) is 0 Å². The van der Waals surface area contributed by atoms with Crippen molar-refractivity contribution in [3.8, 4) is 11.5 Å². The van der Waals surface area contributed by atoms with Crippen LogP contribution in [0.3, 0.4) is 0 Å². The number of carbonyl (C=O) groups is 2. The number of aromatic nitrogens is 2. The van der Waals surface area contributed by atoms with E-state index in [-0.39, 0.29) is 30.2 Å². The number of ether oxygens (including phenoxy) is 3. The zero-order chi connectivity index (χ0) is 24.7. The molecular formula is C23H30N4O7. The molecule has 1 aromatic carbocycles. The first-order chi connectivity index (χ1) is 16.4. The van der Waals surface area contributed by atoms with Gasteiger partial charge >= 0.3 is 11.7 Å². The quantitative estimate of drug-likeness (QED) is 0.522. The molecule has 34 heavy (non-hydrogen) atoms. The van der Waals surface area contributed by atoms with Crippen LogP contribution in [-0.2, 0) is 16.1 Å². The van der Waals surface area contributed by atoms with Crippen molar-refractivity contribution in [1.82, 2.24) is 9.55 Å². The number of hydrogen-bond donors (Lipinski definition) is 2. The van der Waals surface area contributed by atoms with Crippen LogP contribution in [0.15, 0.2) is 27.8 Å². The Morgan fingerprint density at radius 1 is 1.15 bits per heavy atom. The van der Waals surface area contributed by atoms with Gasteiger partial charge in [0.2, 0.25) is 0 Å². The van der Waals surface area contributed by atoms with Crippen molar-refractivity contribution in [3.63, 3.8) is 0 Å². The number of nitrogens with one attached hydrogen (secondary N) is 1. The van der Waals surface area contributed by atoms with E-state index in [1.54, 1.807) is 6.07 Å². The number of aromatic amines is 1. The highest BCUT2D eigenvalue weighted by Gasteiger charge is 2.25. The van der Waals surface area contributed by atoms with Gasteiger partial charge in [0.1, 0.15) is 5.82 Å². The van der Waals surface area contributed by atoms with Crippen LogP contribution in [-0.4, -0.2) is 47.8 Å².